The van der Waals surface area contributed by atoms with Gasteiger partial charge in [-0.25, -0.2) is 4.98 Å². The van der Waals surface area contributed by atoms with Crippen molar-refractivity contribution < 1.29 is 9.53 Å². The molecule has 1 amide bonds. The Balaban J connectivity index is 1.66. The molecule has 0 aliphatic rings. The van der Waals surface area contributed by atoms with Crippen molar-refractivity contribution in [2.24, 2.45) is 0 Å². The van der Waals surface area contributed by atoms with Gasteiger partial charge in [0.25, 0.3) is 5.91 Å². The van der Waals surface area contributed by atoms with Gasteiger partial charge < -0.3 is 14.6 Å². The van der Waals surface area contributed by atoms with E-state index < -0.39 is 0 Å². The zero-order chi connectivity index (χ0) is 16.1. The molecular formula is C18H17N3O2. The molecule has 1 N–H and O–H groups in total. The summed E-state index contributed by atoms with van der Waals surface area (Å²) in [6.45, 7) is 1.92. The third-order valence-electron chi connectivity index (χ3n) is 3.31. The van der Waals surface area contributed by atoms with Crippen LogP contribution in [0.1, 0.15) is 5.56 Å². The highest BCUT2D eigenvalue weighted by molar-refractivity contribution is 5.92. The Morgan fingerprint density at radius 1 is 1.22 bits per heavy atom. The van der Waals surface area contributed by atoms with Crippen LogP contribution < -0.4 is 10.1 Å². The molecule has 0 atom stereocenters. The van der Waals surface area contributed by atoms with Crippen LogP contribution >= 0.6 is 0 Å². The molecule has 23 heavy (non-hydrogen) atoms. The lowest BCUT2D eigenvalue weighted by Gasteiger charge is -2.12. The molecule has 3 rings (SSSR count). The van der Waals surface area contributed by atoms with Crippen molar-refractivity contribution in [1.29, 1.82) is 0 Å². The molecule has 1 aromatic heterocycles. The van der Waals surface area contributed by atoms with Crippen LogP contribution in [0.3, 0.4) is 0 Å². The summed E-state index contributed by atoms with van der Waals surface area (Å²) in [4.78, 5) is 16.1. The Morgan fingerprint density at radius 3 is 2.87 bits per heavy atom. The van der Waals surface area contributed by atoms with E-state index in [0.717, 1.165) is 16.9 Å². The van der Waals surface area contributed by atoms with E-state index in [4.69, 9.17) is 4.74 Å². The number of anilines is 1. The number of amides is 1. The van der Waals surface area contributed by atoms with Gasteiger partial charge in [0.05, 0.1) is 12.0 Å². The fourth-order valence-electron chi connectivity index (χ4n) is 2.26. The van der Waals surface area contributed by atoms with Crippen LogP contribution in [0.15, 0.2) is 67.3 Å². The Hall–Kier alpha value is -3.08. The van der Waals surface area contributed by atoms with Crippen molar-refractivity contribution in [3.8, 4) is 11.4 Å². The zero-order valence-electron chi connectivity index (χ0n) is 12.8. The summed E-state index contributed by atoms with van der Waals surface area (Å²) in [5, 5.41) is 2.82. The van der Waals surface area contributed by atoms with Gasteiger partial charge in [0, 0.05) is 18.1 Å². The van der Waals surface area contributed by atoms with Gasteiger partial charge in [0.2, 0.25) is 0 Å². The number of ether oxygens (including phenoxy) is 1. The van der Waals surface area contributed by atoms with Crippen molar-refractivity contribution in [1.82, 2.24) is 9.55 Å². The lowest BCUT2D eigenvalue weighted by atomic mass is 10.2. The van der Waals surface area contributed by atoms with E-state index in [1.165, 1.54) is 0 Å². The first kappa shape index (κ1) is 14.8. The maximum atomic E-state index is 12.0. The maximum absolute atomic E-state index is 12.0. The lowest BCUT2D eigenvalue weighted by molar-refractivity contribution is -0.118. The fourth-order valence-corrected chi connectivity index (χ4v) is 2.26. The Labute approximate surface area is 134 Å². The number of carbonyl (C=O) groups excluding carboxylic acids is 1. The molecule has 0 spiro atoms. The van der Waals surface area contributed by atoms with E-state index in [0.29, 0.717) is 5.75 Å². The van der Waals surface area contributed by atoms with Gasteiger partial charge in [-0.2, -0.15) is 0 Å². The number of nitrogens with one attached hydrogen (secondary N) is 1. The number of imidazole rings is 1. The second kappa shape index (κ2) is 6.79. The van der Waals surface area contributed by atoms with Crippen molar-refractivity contribution in [3.05, 3.63) is 72.8 Å². The largest absolute Gasteiger partial charge is 0.482 e. The first-order valence-electron chi connectivity index (χ1n) is 7.29. The highest BCUT2D eigenvalue weighted by Gasteiger charge is 2.08. The third-order valence-corrected chi connectivity index (χ3v) is 3.31. The SMILES string of the molecule is Cc1cccc(NC(=O)COc2ccccc2-n2ccnc2)c1. The molecule has 0 saturated carbocycles. The van der Waals surface area contributed by atoms with Crippen LogP contribution in [0, 0.1) is 6.92 Å². The van der Waals surface area contributed by atoms with Gasteiger partial charge in [-0.15, -0.1) is 0 Å². The third kappa shape index (κ3) is 3.77. The number of benzene rings is 2. The molecule has 0 radical (unpaired) electrons. The van der Waals surface area contributed by atoms with E-state index in [1.54, 1.807) is 12.5 Å². The predicted molar refractivity (Wildman–Crippen MR) is 88.9 cm³/mol. The van der Waals surface area contributed by atoms with E-state index in [-0.39, 0.29) is 12.5 Å². The molecular weight excluding hydrogens is 290 g/mol. The molecule has 0 bridgehead atoms. The highest BCUT2D eigenvalue weighted by Crippen LogP contribution is 2.22. The normalized spacial score (nSPS) is 10.3. The van der Waals surface area contributed by atoms with Crippen molar-refractivity contribution in [2.75, 3.05) is 11.9 Å². The van der Waals surface area contributed by atoms with Gasteiger partial charge in [0.1, 0.15) is 5.75 Å². The average Bonchev–Trinajstić information content (AvgIpc) is 3.07. The Bertz CT molecular complexity index is 798. The smallest absolute Gasteiger partial charge is 0.262 e. The minimum absolute atomic E-state index is 0.0559. The molecule has 2 aromatic carbocycles. The number of aryl methyl sites for hydroxylation is 1. The van der Waals surface area contributed by atoms with Gasteiger partial charge in [-0.3, -0.25) is 4.79 Å². The van der Waals surface area contributed by atoms with Crippen LogP contribution in [0.2, 0.25) is 0 Å². The number of hydrogen-bond acceptors (Lipinski definition) is 3. The van der Waals surface area contributed by atoms with Crippen molar-refractivity contribution in [3.63, 3.8) is 0 Å². The summed E-state index contributed by atoms with van der Waals surface area (Å²) in [6, 6.07) is 15.2. The molecule has 0 aliphatic heterocycles. The zero-order valence-corrected chi connectivity index (χ0v) is 12.8. The maximum Gasteiger partial charge on any atom is 0.262 e. The second-order valence-electron chi connectivity index (χ2n) is 5.14. The molecule has 3 aromatic rings. The number of carbonyl (C=O) groups is 1. The molecule has 0 unspecified atom stereocenters. The quantitative estimate of drug-likeness (QED) is 0.787. The first-order valence-corrected chi connectivity index (χ1v) is 7.29. The Kier molecular flexibility index (Phi) is 4.38. The summed E-state index contributed by atoms with van der Waals surface area (Å²) >= 11 is 0. The van der Waals surface area contributed by atoms with E-state index >= 15 is 0 Å². The van der Waals surface area contributed by atoms with Crippen LogP contribution in [-0.4, -0.2) is 22.1 Å². The van der Waals surface area contributed by atoms with Crippen LogP contribution in [0.25, 0.3) is 5.69 Å². The van der Waals surface area contributed by atoms with Gasteiger partial charge >= 0.3 is 0 Å². The molecule has 5 heteroatoms. The number of nitrogens with zero attached hydrogens (tertiary/aromatic N) is 2. The molecule has 116 valence electrons. The molecule has 5 nitrogen and oxygen atoms in total. The molecule has 0 aliphatic carbocycles. The molecule has 0 saturated heterocycles. The number of aromatic nitrogens is 2. The number of rotatable bonds is 5. The fraction of sp³-hybridized carbons (Fsp3) is 0.111. The van der Waals surface area contributed by atoms with Crippen LogP contribution in [-0.2, 0) is 4.79 Å². The summed E-state index contributed by atoms with van der Waals surface area (Å²) in [7, 11) is 0. The minimum Gasteiger partial charge on any atom is -0.482 e. The van der Waals surface area contributed by atoms with Crippen molar-refractivity contribution >= 4 is 11.6 Å². The summed E-state index contributed by atoms with van der Waals surface area (Å²) in [5.41, 5.74) is 2.70. The van der Waals surface area contributed by atoms with Crippen LogP contribution in [0.4, 0.5) is 5.69 Å². The minimum atomic E-state index is -0.198. The van der Waals surface area contributed by atoms with Gasteiger partial charge in [0.15, 0.2) is 6.61 Å². The van der Waals surface area contributed by atoms with Gasteiger partial charge in [-0.1, -0.05) is 24.3 Å². The summed E-state index contributed by atoms with van der Waals surface area (Å²) in [6.07, 6.45) is 5.21. The van der Waals surface area contributed by atoms with E-state index in [9.17, 15) is 4.79 Å². The highest BCUT2D eigenvalue weighted by atomic mass is 16.5. The lowest BCUT2D eigenvalue weighted by Crippen LogP contribution is -2.20. The summed E-state index contributed by atoms with van der Waals surface area (Å²) < 4.78 is 7.51. The number of hydrogen-bond donors (Lipinski definition) is 1. The monoisotopic (exact) mass is 307 g/mol. The Morgan fingerprint density at radius 2 is 2.09 bits per heavy atom. The van der Waals surface area contributed by atoms with Gasteiger partial charge in [-0.05, 0) is 36.8 Å². The summed E-state index contributed by atoms with van der Waals surface area (Å²) in [5.74, 6) is 0.431. The molecule has 1 heterocycles. The standard InChI is InChI=1S/C18H17N3O2/c1-14-5-4-6-15(11-14)20-18(22)12-23-17-8-3-2-7-16(17)21-10-9-19-13-21/h2-11,13H,12H2,1H3,(H,20,22). The van der Waals surface area contributed by atoms with Crippen LogP contribution in [0.5, 0.6) is 5.75 Å². The first-order chi connectivity index (χ1) is 11.2. The average molecular weight is 307 g/mol. The predicted octanol–water partition coefficient (Wildman–Crippen LogP) is 3.20. The van der Waals surface area contributed by atoms with E-state index in [1.807, 2.05) is 66.2 Å². The van der Waals surface area contributed by atoms with Crippen molar-refractivity contribution in [2.45, 2.75) is 6.92 Å². The second-order valence-corrected chi connectivity index (χ2v) is 5.14. The van der Waals surface area contributed by atoms with E-state index in [2.05, 4.69) is 10.3 Å². The topological polar surface area (TPSA) is 56.1 Å². The number of para-hydroxylation sites is 2. The molecule has 0 fully saturated rings.